The monoisotopic (exact) mass is 390 g/mol. The summed E-state index contributed by atoms with van der Waals surface area (Å²) in [6.07, 6.45) is 6.82. The zero-order valence-electron chi connectivity index (χ0n) is 17.7. The summed E-state index contributed by atoms with van der Waals surface area (Å²) < 4.78 is 11.1. The molecule has 2 rings (SSSR count). The molecule has 0 bridgehead atoms. The minimum atomic E-state index is -0.444. The van der Waals surface area contributed by atoms with Crippen molar-refractivity contribution in [2.45, 2.75) is 71.8 Å². The molecule has 0 saturated carbocycles. The molecule has 1 amide bonds. The van der Waals surface area contributed by atoms with Crippen LogP contribution in [0.3, 0.4) is 0 Å². The van der Waals surface area contributed by atoms with Gasteiger partial charge in [0, 0.05) is 37.3 Å². The van der Waals surface area contributed by atoms with Crippen LogP contribution < -0.4 is 4.74 Å². The summed E-state index contributed by atoms with van der Waals surface area (Å²) in [5.74, 6) is 1.30. The maximum atomic E-state index is 12.1. The maximum Gasteiger partial charge on any atom is 0.410 e. The van der Waals surface area contributed by atoms with E-state index in [1.807, 2.05) is 32.6 Å². The standard InChI is InChI=1S/C22H34N2O4/c1-5-7-19(25)18-9-10-20(23-16-18)27-15-6-8-17-11-13-24(14-12-17)21(26)28-22(2,3)4/h9-10,16-17H,5-8,11-15H2,1-4H3. The molecule has 6 heteroatoms. The molecule has 1 aliphatic heterocycles. The van der Waals surface area contributed by atoms with Crippen molar-refractivity contribution in [1.29, 1.82) is 0 Å². The van der Waals surface area contributed by atoms with Crippen molar-refractivity contribution >= 4 is 11.9 Å². The van der Waals surface area contributed by atoms with Gasteiger partial charge in [-0.15, -0.1) is 0 Å². The third kappa shape index (κ3) is 7.49. The molecule has 28 heavy (non-hydrogen) atoms. The first-order chi connectivity index (χ1) is 13.3. The number of likely N-dealkylation sites (tertiary alicyclic amines) is 1. The van der Waals surface area contributed by atoms with Crippen LogP contribution in [-0.2, 0) is 4.74 Å². The predicted octanol–water partition coefficient (Wildman–Crippen LogP) is 4.87. The summed E-state index contributed by atoms with van der Waals surface area (Å²) in [5.41, 5.74) is 0.201. The first-order valence-corrected chi connectivity index (χ1v) is 10.4. The van der Waals surface area contributed by atoms with Gasteiger partial charge in [-0.2, -0.15) is 0 Å². The van der Waals surface area contributed by atoms with Crippen molar-refractivity contribution in [3.63, 3.8) is 0 Å². The summed E-state index contributed by atoms with van der Waals surface area (Å²) in [5, 5.41) is 0. The number of piperidine rings is 1. The van der Waals surface area contributed by atoms with Gasteiger partial charge >= 0.3 is 6.09 Å². The van der Waals surface area contributed by atoms with Gasteiger partial charge in [0.1, 0.15) is 5.60 Å². The van der Waals surface area contributed by atoms with Crippen molar-refractivity contribution in [3.05, 3.63) is 23.9 Å². The molecule has 1 aliphatic rings. The number of hydrogen-bond donors (Lipinski definition) is 0. The average Bonchev–Trinajstić information content (AvgIpc) is 2.65. The van der Waals surface area contributed by atoms with Crippen LogP contribution in [0.5, 0.6) is 5.88 Å². The fourth-order valence-electron chi connectivity index (χ4n) is 3.28. The van der Waals surface area contributed by atoms with E-state index in [1.165, 1.54) is 0 Å². The van der Waals surface area contributed by atoms with Crippen LogP contribution in [0.25, 0.3) is 0 Å². The molecule has 0 spiro atoms. The number of aromatic nitrogens is 1. The molecule has 1 aromatic heterocycles. The third-order valence-corrected chi connectivity index (χ3v) is 4.81. The Bertz CT molecular complexity index is 629. The quantitative estimate of drug-likeness (QED) is 0.468. The van der Waals surface area contributed by atoms with Gasteiger partial charge in [0.2, 0.25) is 5.88 Å². The second kappa shape index (κ2) is 10.4. The van der Waals surface area contributed by atoms with E-state index in [0.29, 0.717) is 30.4 Å². The highest BCUT2D eigenvalue weighted by Crippen LogP contribution is 2.23. The molecule has 156 valence electrons. The number of ether oxygens (including phenoxy) is 2. The highest BCUT2D eigenvalue weighted by molar-refractivity contribution is 5.95. The third-order valence-electron chi connectivity index (χ3n) is 4.81. The average molecular weight is 391 g/mol. The molecule has 0 aliphatic carbocycles. The Kier molecular flexibility index (Phi) is 8.27. The molecule has 0 N–H and O–H groups in total. The number of pyridine rings is 1. The molecule has 6 nitrogen and oxygen atoms in total. The highest BCUT2D eigenvalue weighted by atomic mass is 16.6. The van der Waals surface area contributed by atoms with E-state index in [1.54, 1.807) is 18.3 Å². The Morgan fingerprint density at radius 3 is 2.50 bits per heavy atom. The topological polar surface area (TPSA) is 68.7 Å². The van der Waals surface area contributed by atoms with Crippen LogP contribution in [-0.4, -0.2) is 47.1 Å². The van der Waals surface area contributed by atoms with Gasteiger partial charge in [0.05, 0.1) is 6.61 Å². The summed E-state index contributed by atoms with van der Waals surface area (Å²) in [6, 6.07) is 3.55. The van der Waals surface area contributed by atoms with Crippen LogP contribution >= 0.6 is 0 Å². The number of hydrogen-bond acceptors (Lipinski definition) is 5. The molecule has 0 aromatic carbocycles. The van der Waals surface area contributed by atoms with Crippen molar-refractivity contribution in [2.75, 3.05) is 19.7 Å². The molecule has 0 radical (unpaired) electrons. The summed E-state index contributed by atoms with van der Waals surface area (Å²) in [6.45, 7) is 9.80. The SMILES string of the molecule is CCCC(=O)c1ccc(OCCCC2CCN(C(=O)OC(C)(C)C)CC2)nc1. The minimum Gasteiger partial charge on any atom is -0.478 e. The van der Waals surface area contributed by atoms with Crippen LogP contribution in [0.2, 0.25) is 0 Å². The lowest BCUT2D eigenvalue weighted by Crippen LogP contribution is -2.41. The van der Waals surface area contributed by atoms with Gasteiger partial charge in [-0.3, -0.25) is 4.79 Å². The lowest BCUT2D eigenvalue weighted by atomic mass is 9.92. The number of Topliss-reactive ketones (excluding diaryl/α,β-unsaturated/α-hetero) is 1. The first kappa shape index (κ1) is 22.2. The Morgan fingerprint density at radius 1 is 1.21 bits per heavy atom. The van der Waals surface area contributed by atoms with Crippen LogP contribution in [0, 0.1) is 5.92 Å². The fourth-order valence-corrected chi connectivity index (χ4v) is 3.28. The van der Waals surface area contributed by atoms with Gasteiger partial charge in [-0.1, -0.05) is 6.92 Å². The Labute approximate surface area is 168 Å². The zero-order valence-corrected chi connectivity index (χ0v) is 17.7. The van der Waals surface area contributed by atoms with Crippen LogP contribution in [0.4, 0.5) is 4.79 Å². The van der Waals surface area contributed by atoms with Gasteiger partial charge < -0.3 is 14.4 Å². The molecule has 1 fully saturated rings. The Hall–Kier alpha value is -2.11. The van der Waals surface area contributed by atoms with Crippen LogP contribution in [0.15, 0.2) is 18.3 Å². The van der Waals surface area contributed by atoms with E-state index >= 15 is 0 Å². The smallest absolute Gasteiger partial charge is 0.410 e. The predicted molar refractivity (Wildman–Crippen MR) is 109 cm³/mol. The number of carbonyl (C=O) groups excluding carboxylic acids is 2. The second-order valence-electron chi connectivity index (χ2n) is 8.46. The van der Waals surface area contributed by atoms with Crippen LogP contribution in [0.1, 0.15) is 76.6 Å². The van der Waals surface area contributed by atoms with E-state index < -0.39 is 5.60 Å². The lowest BCUT2D eigenvalue weighted by Gasteiger charge is -2.33. The van der Waals surface area contributed by atoms with Crippen molar-refractivity contribution in [1.82, 2.24) is 9.88 Å². The molecule has 2 heterocycles. The molecular weight excluding hydrogens is 356 g/mol. The number of ketones is 1. The van der Waals surface area contributed by atoms with E-state index in [9.17, 15) is 9.59 Å². The molecule has 0 atom stereocenters. The first-order valence-electron chi connectivity index (χ1n) is 10.4. The van der Waals surface area contributed by atoms with Crippen molar-refractivity contribution in [3.8, 4) is 5.88 Å². The lowest BCUT2D eigenvalue weighted by molar-refractivity contribution is 0.0179. The summed E-state index contributed by atoms with van der Waals surface area (Å²) in [7, 11) is 0. The number of carbonyl (C=O) groups is 2. The fraction of sp³-hybridized carbons (Fsp3) is 0.682. The highest BCUT2D eigenvalue weighted by Gasteiger charge is 2.26. The molecule has 1 saturated heterocycles. The van der Waals surface area contributed by atoms with Gasteiger partial charge in [0.15, 0.2) is 5.78 Å². The maximum absolute atomic E-state index is 12.1. The van der Waals surface area contributed by atoms with E-state index in [0.717, 1.165) is 45.2 Å². The normalized spacial score (nSPS) is 15.4. The van der Waals surface area contributed by atoms with Crippen molar-refractivity contribution in [2.24, 2.45) is 5.92 Å². The van der Waals surface area contributed by atoms with Gasteiger partial charge in [-0.05, 0) is 64.9 Å². The number of nitrogens with zero attached hydrogens (tertiary/aromatic N) is 2. The Morgan fingerprint density at radius 2 is 1.93 bits per heavy atom. The van der Waals surface area contributed by atoms with E-state index in [2.05, 4.69) is 4.98 Å². The largest absolute Gasteiger partial charge is 0.478 e. The summed E-state index contributed by atoms with van der Waals surface area (Å²) in [4.78, 5) is 29.9. The van der Waals surface area contributed by atoms with Crippen molar-refractivity contribution < 1.29 is 19.1 Å². The molecule has 0 unspecified atom stereocenters. The zero-order chi connectivity index (χ0) is 20.6. The number of rotatable bonds is 8. The van der Waals surface area contributed by atoms with Gasteiger partial charge in [0.25, 0.3) is 0 Å². The minimum absolute atomic E-state index is 0.124. The Balaban J connectivity index is 1.63. The summed E-state index contributed by atoms with van der Waals surface area (Å²) >= 11 is 0. The van der Waals surface area contributed by atoms with E-state index in [-0.39, 0.29) is 11.9 Å². The van der Waals surface area contributed by atoms with Gasteiger partial charge in [-0.25, -0.2) is 9.78 Å². The van der Waals surface area contributed by atoms with E-state index in [4.69, 9.17) is 9.47 Å². The second-order valence-corrected chi connectivity index (χ2v) is 8.46. The number of amides is 1. The molecule has 1 aromatic rings. The molecular formula is C22H34N2O4.